The highest BCUT2D eigenvalue weighted by atomic mass is 19.1. The van der Waals surface area contributed by atoms with Gasteiger partial charge in [0.1, 0.15) is 30.0 Å². The fourth-order valence-corrected chi connectivity index (χ4v) is 4.49. The molecule has 0 aliphatic carbocycles. The van der Waals surface area contributed by atoms with Crippen molar-refractivity contribution in [2.24, 2.45) is 0 Å². The topological polar surface area (TPSA) is 129 Å². The Labute approximate surface area is 216 Å². The molecule has 1 aliphatic rings. The van der Waals surface area contributed by atoms with E-state index in [1.165, 1.54) is 7.11 Å². The summed E-state index contributed by atoms with van der Waals surface area (Å²) in [7, 11) is 1.49. The van der Waals surface area contributed by atoms with Crippen LogP contribution in [0.3, 0.4) is 0 Å². The minimum atomic E-state index is -1.13. The maximum Gasteiger partial charge on any atom is 0.439 e. The fraction of sp³-hybridized carbons (Fsp3) is 0.296. The van der Waals surface area contributed by atoms with Crippen molar-refractivity contribution in [1.29, 1.82) is 0 Å². The smallest absolute Gasteiger partial charge is 0.439 e. The van der Waals surface area contributed by atoms with Crippen molar-refractivity contribution in [2.45, 2.75) is 33.0 Å². The molecule has 4 aromatic rings. The first-order chi connectivity index (χ1) is 18.4. The zero-order valence-electron chi connectivity index (χ0n) is 21.0. The van der Waals surface area contributed by atoms with Crippen molar-refractivity contribution in [3.8, 4) is 28.5 Å². The van der Waals surface area contributed by atoms with Crippen LogP contribution in [0, 0.1) is 19.7 Å². The molecule has 0 radical (unpaired) electrons. The third-order valence-electron chi connectivity index (χ3n) is 6.26. The third kappa shape index (κ3) is 4.85. The first kappa shape index (κ1) is 25.4. The van der Waals surface area contributed by atoms with E-state index in [4.69, 9.17) is 18.9 Å². The minimum absolute atomic E-state index is 0.0290. The number of fused-ring (bicyclic) bond motifs is 1. The Morgan fingerprint density at radius 3 is 2.76 bits per heavy atom. The number of H-pyrrole nitrogens is 1. The van der Waals surface area contributed by atoms with Crippen molar-refractivity contribution in [3.63, 3.8) is 0 Å². The van der Waals surface area contributed by atoms with Gasteiger partial charge in [0.15, 0.2) is 24.1 Å². The first-order valence-electron chi connectivity index (χ1n) is 11.9. The maximum atomic E-state index is 15.1. The van der Waals surface area contributed by atoms with Gasteiger partial charge in [-0.1, -0.05) is 17.3 Å². The molecule has 1 unspecified atom stereocenters. The van der Waals surface area contributed by atoms with Crippen molar-refractivity contribution in [2.75, 3.05) is 20.5 Å². The summed E-state index contributed by atoms with van der Waals surface area (Å²) in [6, 6.07) is 10.1. The second-order valence-corrected chi connectivity index (χ2v) is 8.81. The van der Waals surface area contributed by atoms with E-state index in [0.717, 1.165) is 11.1 Å². The van der Waals surface area contributed by atoms with Gasteiger partial charge in [-0.25, -0.2) is 14.2 Å². The predicted molar refractivity (Wildman–Crippen MR) is 133 cm³/mol. The van der Waals surface area contributed by atoms with Crippen molar-refractivity contribution in [1.82, 2.24) is 15.1 Å². The predicted octanol–water partition coefficient (Wildman–Crippen LogP) is 3.76. The Morgan fingerprint density at radius 1 is 1.16 bits per heavy atom. The van der Waals surface area contributed by atoms with Crippen LogP contribution in [0.5, 0.6) is 17.2 Å². The number of rotatable bonds is 9. The normalized spacial score (nSPS) is 13.2. The average Bonchev–Trinajstić information content (AvgIpc) is 3.56. The van der Waals surface area contributed by atoms with Crippen molar-refractivity contribution in [3.05, 3.63) is 86.5 Å². The summed E-state index contributed by atoms with van der Waals surface area (Å²) < 4.78 is 41.9. The van der Waals surface area contributed by atoms with Crippen LogP contribution in [0.4, 0.5) is 4.39 Å². The fourth-order valence-electron chi connectivity index (χ4n) is 4.49. The zero-order chi connectivity index (χ0) is 26.8. The van der Waals surface area contributed by atoms with Crippen LogP contribution in [0.1, 0.15) is 39.9 Å². The molecule has 198 valence electrons. The van der Waals surface area contributed by atoms with Gasteiger partial charge in [-0.2, -0.15) is 0 Å². The Kier molecular flexibility index (Phi) is 7.12. The van der Waals surface area contributed by atoms with Crippen LogP contribution in [0.15, 0.2) is 45.7 Å². The van der Waals surface area contributed by atoms with E-state index in [0.29, 0.717) is 47.1 Å². The molecule has 2 N–H and O–H groups in total. The van der Waals surface area contributed by atoms with Crippen molar-refractivity contribution < 1.29 is 33.0 Å². The van der Waals surface area contributed by atoms with Gasteiger partial charge in [0.25, 0.3) is 0 Å². The van der Waals surface area contributed by atoms with E-state index in [1.54, 1.807) is 43.3 Å². The number of hydrogen-bond acceptors (Lipinski definition) is 9. The molecule has 0 fully saturated rings. The number of aryl methyl sites for hydroxylation is 2. The maximum absolute atomic E-state index is 15.1. The van der Waals surface area contributed by atoms with Crippen LogP contribution < -0.4 is 20.0 Å². The Bertz CT molecular complexity index is 1530. The summed E-state index contributed by atoms with van der Waals surface area (Å²) in [5.74, 6) is 0.422. The number of aromatic nitrogens is 3. The lowest BCUT2D eigenvalue weighted by atomic mass is 9.92. The lowest BCUT2D eigenvalue weighted by Gasteiger charge is -2.20. The largest absolute Gasteiger partial charge is 0.489 e. The molecular formula is C27H26FN3O7. The molecule has 10 nitrogen and oxygen atoms in total. The molecule has 11 heteroatoms. The molecule has 2 aromatic heterocycles. The van der Waals surface area contributed by atoms with Crippen LogP contribution in [0.2, 0.25) is 0 Å². The molecule has 0 saturated heterocycles. The molecule has 3 heterocycles. The molecule has 0 amide bonds. The number of methoxy groups -OCH3 is 1. The molecule has 1 atom stereocenters. The van der Waals surface area contributed by atoms with E-state index in [9.17, 15) is 9.90 Å². The molecule has 5 rings (SSSR count). The number of aliphatic hydroxyl groups excluding tert-OH is 1. The summed E-state index contributed by atoms with van der Waals surface area (Å²) in [4.78, 5) is 18.3. The van der Waals surface area contributed by atoms with E-state index >= 15 is 4.39 Å². The molecule has 2 aromatic carbocycles. The zero-order valence-corrected chi connectivity index (χ0v) is 21.0. The highest BCUT2D eigenvalue weighted by Crippen LogP contribution is 2.44. The molecule has 38 heavy (non-hydrogen) atoms. The van der Waals surface area contributed by atoms with Gasteiger partial charge in [0.05, 0.1) is 12.3 Å². The minimum Gasteiger partial charge on any atom is -0.489 e. The van der Waals surface area contributed by atoms with Gasteiger partial charge in [-0.05, 0) is 54.8 Å². The Hall–Kier alpha value is -4.22. The van der Waals surface area contributed by atoms with Crippen LogP contribution in [-0.4, -0.2) is 40.7 Å². The van der Waals surface area contributed by atoms with Gasteiger partial charge < -0.3 is 24.1 Å². The third-order valence-corrected chi connectivity index (χ3v) is 6.26. The van der Waals surface area contributed by atoms with E-state index in [1.807, 2.05) is 6.92 Å². The number of nitrogens with one attached hydrogen (secondary N) is 1. The number of aliphatic hydroxyl groups is 1. The van der Waals surface area contributed by atoms with E-state index in [-0.39, 0.29) is 30.5 Å². The highest BCUT2D eigenvalue weighted by molar-refractivity contribution is 5.68. The summed E-state index contributed by atoms with van der Waals surface area (Å²) in [5.41, 5.74) is 3.45. The number of aromatic amines is 1. The molecule has 0 spiro atoms. The van der Waals surface area contributed by atoms with Gasteiger partial charge in [0.2, 0.25) is 0 Å². The van der Waals surface area contributed by atoms with Crippen molar-refractivity contribution >= 4 is 0 Å². The highest BCUT2D eigenvalue weighted by Gasteiger charge is 2.29. The SMILES string of the molecule is COCOc1ccc(C(O)c2c(C)cc(OCc3noc(=O)[nH]3)c3c2CCO3)nc1-c1cccc(C)c1F. The molecule has 0 bridgehead atoms. The number of pyridine rings is 1. The monoisotopic (exact) mass is 523 g/mol. The Morgan fingerprint density at radius 2 is 2.00 bits per heavy atom. The van der Waals surface area contributed by atoms with Gasteiger partial charge >= 0.3 is 5.76 Å². The molecular weight excluding hydrogens is 497 g/mol. The van der Waals surface area contributed by atoms with E-state index in [2.05, 4.69) is 19.6 Å². The summed E-state index contributed by atoms with van der Waals surface area (Å²) >= 11 is 0. The second kappa shape index (κ2) is 10.6. The molecule has 0 saturated carbocycles. The number of ether oxygens (including phenoxy) is 4. The lowest BCUT2D eigenvalue weighted by molar-refractivity contribution is 0.0512. The van der Waals surface area contributed by atoms with Crippen LogP contribution >= 0.6 is 0 Å². The van der Waals surface area contributed by atoms with Crippen LogP contribution in [-0.2, 0) is 17.8 Å². The van der Waals surface area contributed by atoms with Gasteiger partial charge in [0, 0.05) is 24.7 Å². The standard InChI is InChI=1S/C27H26FN3O7/c1-14-5-4-6-17(23(14)28)24-19(37-13-34-3)8-7-18(29-24)25(32)22-15(2)11-20(26-16(22)9-10-35-26)36-12-21-30-27(33)38-31-21/h4-8,11,25,32H,9-10,12-13H2,1-3H3,(H,30,31,33). The lowest BCUT2D eigenvalue weighted by Crippen LogP contribution is -2.10. The number of hydrogen-bond donors (Lipinski definition) is 2. The van der Waals surface area contributed by atoms with E-state index < -0.39 is 17.7 Å². The number of halogens is 1. The summed E-state index contributed by atoms with van der Waals surface area (Å²) in [5, 5.41) is 15.1. The first-order valence-corrected chi connectivity index (χ1v) is 11.9. The average molecular weight is 524 g/mol. The summed E-state index contributed by atoms with van der Waals surface area (Å²) in [6.07, 6.45) is -0.580. The van der Waals surface area contributed by atoms with Gasteiger partial charge in [-0.15, -0.1) is 0 Å². The van der Waals surface area contributed by atoms with Crippen LogP contribution in [0.25, 0.3) is 11.3 Å². The second-order valence-electron chi connectivity index (χ2n) is 8.81. The Balaban J connectivity index is 1.53. The summed E-state index contributed by atoms with van der Waals surface area (Å²) in [6.45, 7) is 3.85. The van der Waals surface area contributed by atoms with Gasteiger partial charge in [-0.3, -0.25) is 9.51 Å². The quantitative estimate of drug-likeness (QED) is 0.315. The number of benzene rings is 2. The number of nitrogens with zero attached hydrogens (tertiary/aromatic N) is 2. The molecule has 1 aliphatic heterocycles.